The van der Waals surface area contributed by atoms with Crippen LogP contribution in [0.25, 0.3) is 0 Å². The van der Waals surface area contributed by atoms with E-state index >= 15 is 0 Å². The molecule has 1 aromatic heterocycles. The first kappa shape index (κ1) is 12.2. The van der Waals surface area contributed by atoms with Crippen molar-refractivity contribution in [3.8, 4) is 0 Å². The second-order valence-corrected chi connectivity index (χ2v) is 4.37. The van der Waals surface area contributed by atoms with E-state index in [9.17, 15) is 0 Å². The summed E-state index contributed by atoms with van der Waals surface area (Å²) in [7, 11) is 0. The summed E-state index contributed by atoms with van der Waals surface area (Å²) in [6, 6.07) is 0.176. The number of aromatic nitrogens is 3. The van der Waals surface area contributed by atoms with Crippen LogP contribution in [0.4, 0.5) is 5.95 Å². The van der Waals surface area contributed by atoms with Gasteiger partial charge in [-0.1, -0.05) is 0 Å². The quantitative estimate of drug-likeness (QED) is 0.788. The molecule has 17 heavy (non-hydrogen) atoms. The summed E-state index contributed by atoms with van der Waals surface area (Å²) in [6.45, 7) is 6.48. The van der Waals surface area contributed by atoms with Crippen molar-refractivity contribution in [2.45, 2.75) is 45.4 Å². The Morgan fingerprint density at radius 3 is 2.71 bits per heavy atom. The fraction of sp³-hybridized carbons (Fsp3) is 0.727. The minimum atomic E-state index is 0.0823. The number of nitrogens with two attached hydrogens (primary N) is 1. The molecule has 94 valence electrons. The summed E-state index contributed by atoms with van der Waals surface area (Å²) < 4.78 is 5.57. The van der Waals surface area contributed by atoms with Crippen molar-refractivity contribution >= 4 is 5.95 Å². The second-order valence-electron chi connectivity index (χ2n) is 4.37. The van der Waals surface area contributed by atoms with Gasteiger partial charge in [0.2, 0.25) is 5.95 Å². The molecule has 1 aliphatic rings. The monoisotopic (exact) mass is 237 g/mol. The molecule has 3 N–H and O–H groups in total. The van der Waals surface area contributed by atoms with Gasteiger partial charge in [0.05, 0.1) is 23.5 Å². The van der Waals surface area contributed by atoms with Crippen LogP contribution in [0.5, 0.6) is 0 Å². The Bertz CT molecular complexity index is 395. The predicted octanol–water partition coefficient (Wildman–Crippen LogP) is 0.405. The summed E-state index contributed by atoms with van der Waals surface area (Å²) in [4.78, 5) is 4.33. The highest BCUT2D eigenvalue weighted by atomic mass is 16.5. The molecular weight excluding hydrogens is 218 g/mol. The van der Waals surface area contributed by atoms with Gasteiger partial charge >= 0.3 is 0 Å². The molecule has 1 aliphatic carbocycles. The van der Waals surface area contributed by atoms with Crippen LogP contribution in [0, 0.1) is 13.8 Å². The predicted molar refractivity (Wildman–Crippen MR) is 64.7 cm³/mol. The van der Waals surface area contributed by atoms with E-state index < -0.39 is 0 Å². The standard InChI is InChI=1S/C11H19N5O/c1-4-17-9-5-8(12)10(9)14-11-13-6(2)7(3)15-16-11/h8-10H,4-5,12H2,1-3H3,(H,13,14,16). The molecule has 1 saturated carbocycles. The number of hydrogen-bond acceptors (Lipinski definition) is 6. The van der Waals surface area contributed by atoms with Crippen LogP contribution in [0.15, 0.2) is 0 Å². The molecule has 1 fully saturated rings. The van der Waals surface area contributed by atoms with Crippen LogP contribution in [-0.2, 0) is 4.74 Å². The third-order valence-electron chi connectivity index (χ3n) is 3.13. The largest absolute Gasteiger partial charge is 0.376 e. The number of anilines is 1. The number of rotatable bonds is 4. The van der Waals surface area contributed by atoms with Crippen LogP contribution in [-0.4, -0.2) is 40.0 Å². The zero-order valence-corrected chi connectivity index (χ0v) is 10.5. The molecule has 1 heterocycles. The summed E-state index contributed by atoms with van der Waals surface area (Å²) in [5.41, 5.74) is 7.66. The zero-order chi connectivity index (χ0) is 12.4. The van der Waals surface area contributed by atoms with Gasteiger partial charge < -0.3 is 15.8 Å². The van der Waals surface area contributed by atoms with Gasteiger partial charge in [0.15, 0.2) is 0 Å². The number of ether oxygens (including phenoxy) is 1. The summed E-state index contributed by atoms with van der Waals surface area (Å²) in [5.74, 6) is 0.526. The van der Waals surface area contributed by atoms with Gasteiger partial charge in [0, 0.05) is 12.6 Å². The molecule has 6 nitrogen and oxygen atoms in total. The van der Waals surface area contributed by atoms with Gasteiger partial charge in [-0.15, -0.1) is 5.10 Å². The topological polar surface area (TPSA) is 86.0 Å². The molecule has 0 spiro atoms. The van der Waals surface area contributed by atoms with Crippen molar-refractivity contribution in [3.63, 3.8) is 0 Å². The van der Waals surface area contributed by atoms with Gasteiger partial charge in [-0.2, -0.15) is 5.10 Å². The Balaban J connectivity index is 2.02. The van der Waals surface area contributed by atoms with Gasteiger partial charge in [-0.05, 0) is 27.2 Å². The summed E-state index contributed by atoms with van der Waals surface area (Å²) in [5, 5.41) is 11.2. The molecule has 0 aromatic carbocycles. The van der Waals surface area contributed by atoms with Gasteiger partial charge in [0.1, 0.15) is 0 Å². The number of nitrogens with one attached hydrogen (secondary N) is 1. The van der Waals surface area contributed by atoms with E-state index in [1.165, 1.54) is 0 Å². The average molecular weight is 237 g/mol. The Labute approximate surface area is 101 Å². The lowest BCUT2D eigenvalue weighted by atomic mass is 9.83. The van der Waals surface area contributed by atoms with Crippen molar-refractivity contribution in [1.82, 2.24) is 15.2 Å². The number of nitrogens with zero attached hydrogens (tertiary/aromatic N) is 3. The van der Waals surface area contributed by atoms with E-state index in [4.69, 9.17) is 10.5 Å². The Hall–Kier alpha value is -1.27. The Morgan fingerprint density at radius 2 is 2.12 bits per heavy atom. The van der Waals surface area contributed by atoms with E-state index in [-0.39, 0.29) is 18.2 Å². The molecule has 0 radical (unpaired) electrons. The number of aryl methyl sites for hydroxylation is 2. The molecule has 0 aliphatic heterocycles. The third kappa shape index (κ3) is 2.53. The molecule has 1 aromatic rings. The van der Waals surface area contributed by atoms with Crippen molar-refractivity contribution in [1.29, 1.82) is 0 Å². The Kier molecular flexibility index (Phi) is 3.54. The van der Waals surface area contributed by atoms with Crippen molar-refractivity contribution in [2.24, 2.45) is 5.73 Å². The average Bonchev–Trinajstić information content (AvgIpc) is 2.30. The van der Waals surface area contributed by atoms with Crippen molar-refractivity contribution in [3.05, 3.63) is 11.4 Å². The van der Waals surface area contributed by atoms with Crippen LogP contribution in [0.1, 0.15) is 24.7 Å². The van der Waals surface area contributed by atoms with E-state index in [1.807, 2.05) is 20.8 Å². The highest BCUT2D eigenvalue weighted by molar-refractivity contribution is 5.30. The minimum Gasteiger partial charge on any atom is -0.376 e. The molecule has 0 bridgehead atoms. The van der Waals surface area contributed by atoms with Gasteiger partial charge in [-0.3, -0.25) is 0 Å². The van der Waals surface area contributed by atoms with Crippen molar-refractivity contribution < 1.29 is 4.74 Å². The SMILES string of the molecule is CCOC1CC(N)C1Nc1nnc(C)c(C)n1. The smallest absolute Gasteiger partial charge is 0.243 e. The van der Waals surface area contributed by atoms with E-state index in [2.05, 4.69) is 20.5 Å². The van der Waals surface area contributed by atoms with Crippen molar-refractivity contribution in [2.75, 3.05) is 11.9 Å². The maximum atomic E-state index is 5.94. The van der Waals surface area contributed by atoms with Crippen LogP contribution >= 0.6 is 0 Å². The Morgan fingerprint density at radius 1 is 1.35 bits per heavy atom. The lowest BCUT2D eigenvalue weighted by molar-refractivity contribution is -0.0128. The lowest BCUT2D eigenvalue weighted by Crippen LogP contribution is -2.60. The van der Waals surface area contributed by atoms with Crippen LogP contribution in [0.2, 0.25) is 0 Å². The molecule has 2 rings (SSSR count). The highest BCUT2D eigenvalue weighted by Crippen LogP contribution is 2.25. The molecule has 0 amide bonds. The maximum Gasteiger partial charge on any atom is 0.243 e. The van der Waals surface area contributed by atoms with Gasteiger partial charge in [-0.25, -0.2) is 4.98 Å². The fourth-order valence-corrected chi connectivity index (χ4v) is 1.89. The molecule has 3 unspecified atom stereocenters. The molecule has 6 heteroatoms. The highest BCUT2D eigenvalue weighted by Gasteiger charge is 2.39. The molecule has 0 saturated heterocycles. The first-order valence-corrected chi connectivity index (χ1v) is 5.93. The number of hydrogen-bond donors (Lipinski definition) is 2. The van der Waals surface area contributed by atoms with E-state index in [1.54, 1.807) is 0 Å². The molecular formula is C11H19N5O. The van der Waals surface area contributed by atoms with E-state index in [0.717, 1.165) is 17.8 Å². The first-order valence-electron chi connectivity index (χ1n) is 5.93. The van der Waals surface area contributed by atoms with Crippen LogP contribution < -0.4 is 11.1 Å². The van der Waals surface area contributed by atoms with Crippen LogP contribution in [0.3, 0.4) is 0 Å². The zero-order valence-electron chi connectivity index (χ0n) is 10.5. The normalized spacial score (nSPS) is 27.6. The third-order valence-corrected chi connectivity index (χ3v) is 3.13. The maximum absolute atomic E-state index is 5.94. The first-order chi connectivity index (χ1) is 8.11. The fourth-order valence-electron chi connectivity index (χ4n) is 1.89. The van der Waals surface area contributed by atoms with E-state index in [0.29, 0.717) is 12.6 Å². The second kappa shape index (κ2) is 4.93. The molecule has 3 atom stereocenters. The lowest BCUT2D eigenvalue weighted by Gasteiger charge is -2.42. The summed E-state index contributed by atoms with van der Waals surface area (Å²) in [6.07, 6.45) is 1.03. The summed E-state index contributed by atoms with van der Waals surface area (Å²) >= 11 is 0. The van der Waals surface area contributed by atoms with Gasteiger partial charge in [0.25, 0.3) is 0 Å². The minimum absolute atomic E-state index is 0.0823.